The lowest BCUT2D eigenvalue weighted by Gasteiger charge is -2.34. The van der Waals surface area contributed by atoms with Gasteiger partial charge in [-0.05, 0) is 35.9 Å². The maximum Gasteiger partial charge on any atom is 0.238 e. The Labute approximate surface area is 175 Å². The lowest BCUT2D eigenvalue weighted by Crippen LogP contribution is -2.47. The highest BCUT2D eigenvalue weighted by atomic mass is 35.5. The summed E-state index contributed by atoms with van der Waals surface area (Å²) in [6.45, 7) is 5.94. The number of sulfonamides is 1. The zero-order valence-electron chi connectivity index (χ0n) is 15.4. The number of benzene rings is 2. The van der Waals surface area contributed by atoms with E-state index < -0.39 is 10.0 Å². The molecular weight excluding hydrogens is 421 g/mol. The largest absolute Gasteiger partial charge is 0.492 e. The van der Waals surface area contributed by atoms with E-state index in [1.165, 1.54) is 12.1 Å². The molecule has 0 bridgehead atoms. The van der Waals surface area contributed by atoms with E-state index >= 15 is 0 Å². The number of nitrogens with two attached hydrogens (primary N) is 1. The molecule has 0 spiro atoms. The molecule has 0 unspecified atom stereocenters. The van der Waals surface area contributed by atoms with Gasteiger partial charge in [-0.3, -0.25) is 9.80 Å². The monoisotopic (exact) mass is 443 g/mol. The predicted molar refractivity (Wildman–Crippen MR) is 111 cm³/mol. The summed E-state index contributed by atoms with van der Waals surface area (Å²) in [5.74, 6) is 0.627. The van der Waals surface area contributed by atoms with Crippen molar-refractivity contribution < 1.29 is 13.2 Å². The first-order valence-corrected chi connectivity index (χ1v) is 11.3. The number of halogens is 2. The normalized spacial score (nSPS) is 16.2. The van der Waals surface area contributed by atoms with Gasteiger partial charge < -0.3 is 4.74 Å². The number of hydrogen-bond acceptors (Lipinski definition) is 5. The second kappa shape index (κ2) is 9.43. The van der Waals surface area contributed by atoms with Crippen molar-refractivity contribution in [1.82, 2.24) is 9.80 Å². The van der Waals surface area contributed by atoms with Crippen molar-refractivity contribution in [3.8, 4) is 5.75 Å². The highest BCUT2D eigenvalue weighted by Gasteiger charge is 2.18. The van der Waals surface area contributed by atoms with E-state index in [2.05, 4.69) is 9.80 Å². The average Bonchev–Trinajstić information content (AvgIpc) is 2.66. The van der Waals surface area contributed by atoms with Crippen LogP contribution in [0.5, 0.6) is 5.75 Å². The van der Waals surface area contributed by atoms with E-state index in [-0.39, 0.29) is 4.90 Å². The second-order valence-electron chi connectivity index (χ2n) is 6.70. The van der Waals surface area contributed by atoms with Gasteiger partial charge in [-0.15, -0.1) is 0 Å². The van der Waals surface area contributed by atoms with Crippen LogP contribution in [-0.4, -0.2) is 57.5 Å². The Morgan fingerprint density at radius 1 is 0.964 bits per heavy atom. The van der Waals surface area contributed by atoms with Gasteiger partial charge in [-0.25, -0.2) is 13.6 Å². The summed E-state index contributed by atoms with van der Waals surface area (Å²) in [5.41, 5.74) is 1.05. The van der Waals surface area contributed by atoms with Crippen LogP contribution in [0.25, 0.3) is 0 Å². The fourth-order valence-electron chi connectivity index (χ4n) is 3.10. The minimum Gasteiger partial charge on any atom is -0.492 e. The number of piperazine rings is 1. The van der Waals surface area contributed by atoms with Crippen molar-refractivity contribution in [2.24, 2.45) is 5.14 Å². The first-order chi connectivity index (χ1) is 13.3. The van der Waals surface area contributed by atoms with Crippen molar-refractivity contribution in [3.05, 3.63) is 58.1 Å². The summed E-state index contributed by atoms with van der Waals surface area (Å²) in [6, 6.07) is 11.9. The minimum absolute atomic E-state index is 0.0794. The minimum atomic E-state index is -3.67. The van der Waals surface area contributed by atoms with Gasteiger partial charge in [-0.1, -0.05) is 35.3 Å². The summed E-state index contributed by atoms with van der Waals surface area (Å²) in [5, 5.41) is 6.31. The molecule has 1 aliphatic rings. The molecule has 1 aliphatic heterocycles. The predicted octanol–water partition coefficient (Wildman–Crippen LogP) is 2.84. The first-order valence-electron chi connectivity index (χ1n) is 8.96. The van der Waals surface area contributed by atoms with Crippen molar-refractivity contribution in [3.63, 3.8) is 0 Å². The molecule has 0 saturated carbocycles. The number of hydrogen-bond donors (Lipinski definition) is 1. The quantitative estimate of drug-likeness (QED) is 0.711. The average molecular weight is 444 g/mol. The summed E-state index contributed by atoms with van der Waals surface area (Å²) in [6.07, 6.45) is 0. The number of primary sulfonamides is 1. The fraction of sp³-hybridized carbons (Fsp3) is 0.368. The van der Waals surface area contributed by atoms with E-state index in [0.717, 1.165) is 44.8 Å². The van der Waals surface area contributed by atoms with Crippen LogP contribution < -0.4 is 9.88 Å². The Balaban J connectivity index is 1.40. The first kappa shape index (κ1) is 21.4. The van der Waals surface area contributed by atoms with E-state index in [9.17, 15) is 8.42 Å². The van der Waals surface area contributed by atoms with Crippen LogP contribution in [0.1, 0.15) is 5.56 Å². The van der Waals surface area contributed by atoms with Crippen LogP contribution in [-0.2, 0) is 16.6 Å². The van der Waals surface area contributed by atoms with Crippen LogP contribution >= 0.6 is 23.2 Å². The molecule has 9 heteroatoms. The lowest BCUT2D eigenvalue weighted by atomic mass is 10.2. The zero-order chi connectivity index (χ0) is 20.1. The van der Waals surface area contributed by atoms with Crippen molar-refractivity contribution in [1.29, 1.82) is 0 Å². The Bertz CT molecular complexity index is 899. The zero-order valence-corrected chi connectivity index (χ0v) is 17.7. The molecule has 1 fully saturated rings. The molecular formula is C19H23Cl2N3O3S. The highest BCUT2D eigenvalue weighted by Crippen LogP contribution is 2.26. The number of rotatable bonds is 7. The van der Waals surface area contributed by atoms with Gasteiger partial charge in [0, 0.05) is 39.3 Å². The lowest BCUT2D eigenvalue weighted by molar-refractivity contribution is 0.112. The van der Waals surface area contributed by atoms with Gasteiger partial charge in [0.2, 0.25) is 10.0 Å². The summed E-state index contributed by atoms with van der Waals surface area (Å²) < 4.78 is 28.2. The van der Waals surface area contributed by atoms with E-state index in [0.29, 0.717) is 22.4 Å². The van der Waals surface area contributed by atoms with Crippen LogP contribution in [0.15, 0.2) is 47.4 Å². The Hall–Kier alpha value is -1.35. The van der Waals surface area contributed by atoms with Gasteiger partial charge in [0.25, 0.3) is 0 Å². The van der Waals surface area contributed by atoms with Crippen molar-refractivity contribution in [2.45, 2.75) is 11.4 Å². The molecule has 1 saturated heterocycles. The second-order valence-corrected chi connectivity index (χ2v) is 9.04. The molecule has 152 valence electrons. The van der Waals surface area contributed by atoms with E-state index in [1.54, 1.807) is 18.2 Å². The van der Waals surface area contributed by atoms with Crippen LogP contribution in [0, 0.1) is 0 Å². The maximum atomic E-state index is 11.3. The van der Waals surface area contributed by atoms with Gasteiger partial charge in [-0.2, -0.15) is 0 Å². The molecule has 2 aromatic rings. The third-order valence-corrected chi connectivity index (χ3v) is 6.51. The van der Waals surface area contributed by atoms with E-state index in [4.69, 9.17) is 33.1 Å². The molecule has 3 rings (SSSR count). The molecule has 2 aromatic carbocycles. The Kier molecular flexibility index (Phi) is 7.20. The Morgan fingerprint density at radius 3 is 2.25 bits per heavy atom. The van der Waals surface area contributed by atoms with Gasteiger partial charge in [0.1, 0.15) is 12.4 Å². The molecule has 28 heavy (non-hydrogen) atoms. The molecule has 1 heterocycles. The van der Waals surface area contributed by atoms with E-state index in [1.807, 2.05) is 12.1 Å². The topological polar surface area (TPSA) is 75.9 Å². The summed E-state index contributed by atoms with van der Waals surface area (Å²) in [7, 11) is -3.67. The van der Waals surface area contributed by atoms with Crippen molar-refractivity contribution in [2.75, 3.05) is 39.3 Å². The molecule has 0 aliphatic carbocycles. The highest BCUT2D eigenvalue weighted by molar-refractivity contribution is 7.89. The third-order valence-electron chi connectivity index (χ3n) is 4.72. The summed E-state index contributed by atoms with van der Waals surface area (Å²) >= 11 is 12.4. The molecule has 0 atom stereocenters. The van der Waals surface area contributed by atoms with Crippen molar-refractivity contribution >= 4 is 33.2 Å². The molecule has 0 amide bonds. The standard InChI is InChI=1S/C19H23Cl2N3O3S/c20-18-3-1-2-15(19(18)21)14-24-10-8-23(9-11-24)12-13-27-16-4-6-17(7-5-16)28(22,25)26/h1-7H,8-14H2,(H2,22,25,26). The molecule has 6 nitrogen and oxygen atoms in total. The maximum absolute atomic E-state index is 11.3. The summed E-state index contributed by atoms with van der Waals surface area (Å²) in [4.78, 5) is 4.78. The van der Waals surface area contributed by atoms with Crippen LogP contribution in [0.3, 0.4) is 0 Å². The van der Waals surface area contributed by atoms with Gasteiger partial charge in [0.15, 0.2) is 0 Å². The van der Waals surface area contributed by atoms with Crippen LogP contribution in [0.2, 0.25) is 10.0 Å². The molecule has 0 radical (unpaired) electrons. The molecule has 0 aromatic heterocycles. The van der Waals surface area contributed by atoms with Gasteiger partial charge >= 0.3 is 0 Å². The fourth-order valence-corrected chi connectivity index (χ4v) is 4.00. The SMILES string of the molecule is NS(=O)(=O)c1ccc(OCCN2CCN(Cc3cccc(Cl)c3Cl)CC2)cc1. The smallest absolute Gasteiger partial charge is 0.238 e. The van der Waals surface area contributed by atoms with Crippen LogP contribution in [0.4, 0.5) is 0 Å². The third kappa shape index (κ3) is 5.83. The number of ether oxygens (including phenoxy) is 1. The van der Waals surface area contributed by atoms with Gasteiger partial charge in [0.05, 0.1) is 14.9 Å². The molecule has 2 N–H and O–H groups in total. The Morgan fingerprint density at radius 2 is 1.61 bits per heavy atom. The number of nitrogens with zero attached hydrogens (tertiary/aromatic N) is 2.